The lowest BCUT2D eigenvalue weighted by molar-refractivity contribution is 0.0894. The van der Waals surface area contributed by atoms with Gasteiger partial charge >= 0.3 is 0 Å². The minimum absolute atomic E-state index is 0.130. The molecule has 0 bridgehead atoms. The molecule has 1 nitrogen and oxygen atoms in total. The molecule has 0 aliphatic heterocycles. The molecule has 146 valence electrons. The van der Waals surface area contributed by atoms with Crippen molar-refractivity contribution >= 4 is 7.92 Å². The molecule has 0 radical (unpaired) electrons. The van der Waals surface area contributed by atoms with E-state index in [0.717, 1.165) is 11.3 Å². The number of hydrogen-bond donors (Lipinski definition) is 0. The SMILES string of the molecule is COC1(P(C2CCCCC2)C2CCCCC2)C=CC=CC1c1ccccc1. The number of hydrogen-bond acceptors (Lipinski definition) is 1. The highest BCUT2D eigenvalue weighted by Crippen LogP contribution is 2.68. The van der Waals surface area contributed by atoms with Crippen LogP contribution in [0.3, 0.4) is 0 Å². The molecule has 2 unspecified atom stereocenters. The van der Waals surface area contributed by atoms with Crippen molar-refractivity contribution in [1.82, 2.24) is 0 Å². The lowest BCUT2D eigenvalue weighted by Crippen LogP contribution is -2.42. The van der Waals surface area contributed by atoms with Gasteiger partial charge in [-0.25, -0.2) is 0 Å². The molecular formula is C25H35OP. The minimum Gasteiger partial charge on any atom is -0.369 e. The van der Waals surface area contributed by atoms with E-state index in [9.17, 15) is 0 Å². The van der Waals surface area contributed by atoms with Gasteiger partial charge in [-0.05, 0) is 48.6 Å². The van der Waals surface area contributed by atoms with E-state index in [0.29, 0.717) is 5.92 Å². The Morgan fingerprint density at radius 3 is 1.96 bits per heavy atom. The van der Waals surface area contributed by atoms with E-state index in [1.54, 1.807) is 0 Å². The van der Waals surface area contributed by atoms with Crippen LogP contribution in [0.15, 0.2) is 54.6 Å². The van der Waals surface area contributed by atoms with Crippen LogP contribution in [-0.4, -0.2) is 23.8 Å². The molecule has 0 aromatic heterocycles. The molecule has 0 N–H and O–H groups in total. The van der Waals surface area contributed by atoms with Gasteiger partial charge < -0.3 is 4.74 Å². The normalized spacial score (nSPS) is 30.1. The first-order chi connectivity index (χ1) is 13.3. The van der Waals surface area contributed by atoms with Gasteiger partial charge in [0.05, 0.1) is 0 Å². The van der Waals surface area contributed by atoms with Crippen LogP contribution in [0.1, 0.15) is 75.7 Å². The van der Waals surface area contributed by atoms with Crippen molar-refractivity contribution < 1.29 is 4.74 Å². The number of ether oxygens (including phenoxy) is 1. The Labute approximate surface area is 167 Å². The third-order valence-electron chi connectivity index (χ3n) is 7.02. The molecule has 0 spiro atoms. The standard InChI is InChI=1S/C25H35OP/c1-26-25(20-12-11-19-24(25)21-13-5-2-6-14-21)27(22-15-7-3-8-16-22)23-17-9-4-10-18-23/h2,5-6,11-14,19-20,22-24H,3-4,7-10,15-18H2,1H3. The van der Waals surface area contributed by atoms with E-state index in [4.69, 9.17) is 4.74 Å². The Hall–Kier alpha value is -0.910. The summed E-state index contributed by atoms with van der Waals surface area (Å²) in [6.07, 6.45) is 23.6. The van der Waals surface area contributed by atoms with Crippen molar-refractivity contribution in [3.05, 3.63) is 60.2 Å². The summed E-state index contributed by atoms with van der Waals surface area (Å²) in [7, 11) is 1.76. The topological polar surface area (TPSA) is 9.23 Å². The third-order valence-corrected chi connectivity index (χ3v) is 11.0. The Balaban J connectivity index is 1.75. The molecule has 2 atom stereocenters. The predicted octanol–water partition coefficient (Wildman–Crippen LogP) is 7.39. The number of benzene rings is 1. The average Bonchev–Trinajstić information content (AvgIpc) is 2.76. The molecule has 3 aliphatic rings. The Kier molecular flexibility index (Phi) is 6.51. The van der Waals surface area contributed by atoms with E-state index in [2.05, 4.69) is 54.6 Å². The van der Waals surface area contributed by atoms with Crippen LogP contribution >= 0.6 is 7.92 Å². The first-order valence-corrected chi connectivity index (χ1v) is 12.6. The van der Waals surface area contributed by atoms with E-state index < -0.39 is 0 Å². The molecule has 0 amide bonds. The van der Waals surface area contributed by atoms with Gasteiger partial charge in [-0.15, -0.1) is 0 Å². The fourth-order valence-corrected chi connectivity index (χ4v) is 10.4. The second-order valence-corrected chi connectivity index (χ2v) is 11.6. The van der Waals surface area contributed by atoms with Crippen LogP contribution in [0.25, 0.3) is 0 Å². The van der Waals surface area contributed by atoms with Crippen molar-refractivity contribution in [3.63, 3.8) is 0 Å². The highest BCUT2D eigenvalue weighted by Gasteiger charge is 2.50. The van der Waals surface area contributed by atoms with Gasteiger partial charge in [-0.3, -0.25) is 0 Å². The van der Waals surface area contributed by atoms with Gasteiger partial charge in [0.15, 0.2) is 0 Å². The maximum absolute atomic E-state index is 6.61. The second kappa shape index (κ2) is 9.06. The van der Waals surface area contributed by atoms with Crippen LogP contribution < -0.4 is 0 Å². The Morgan fingerprint density at radius 2 is 1.41 bits per heavy atom. The molecule has 2 saturated carbocycles. The molecule has 2 heteroatoms. The Bertz CT molecular complexity index is 622. The minimum atomic E-state index is -0.223. The van der Waals surface area contributed by atoms with E-state index in [1.165, 1.54) is 69.8 Å². The van der Waals surface area contributed by atoms with Crippen molar-refractivity contribution in [2.45, 2.75) is 86.8 Å². The highest BCUT2D eigenvalue weighted by molar-refractivity contribution is 7.61. The maximum Gasteiger partial charge on any atom is 0.115 e. The third kappa shape index (κ3) is 3.96. The monoisotopic (exact) mass is 382 g/mol. The zero-order valence-corrected chi connectivity index (χ0v) is 17.7. The van der Waals surface area contributed by atoms with Crippen molar-refractivity contribution in [2.24, 2.45) is 0 Å². The molecule has 0 heterocycles. The van der Waals surface area contributed by atoms with E-state index in [1.807, 2.05) is 7.11 Å². The molecule has 27 heavy (non-hydrogen) atoms. The van der Waals surface area contributed by atoms with Gasteiger partial charge in [0, 0.05) is 13.0 Å². The zero-order valence-electron chi connectivity index (χ0n) is 16.9. The van der Waals surface area contributed by atoms with Crippen LogP contribution in [0.2, 0.25) is 0 Å². The predicted molar refractivity (Wildman–Crippen MR) is 118 cm³/mol. The molecule has 1 aromatic rings. The highest BCUT2D eigenvalue weighted by atomic mass is 31.1. The maximum atomic E-state index is 6.61. The summed E-state index contributed by atoms with van der Waals surface area (Å²) in [5, 5.41) is -0.130. The van der Waals surface area contributed by atoms with Crippen molar-refractivity contribution in [2.75, 3.05) is 7.11 Å². The number of methoxy groups -OCH3 is 1. The van der Waals surface area contributed by atoms with Crippen LogP contribution in [-0.2, 0) is 4.74 Å². The van der Waals surface area contributed by atoms with Crippen LogP contribution in [0, 0.1) is 0 Å². The number of rotatable bonds is 5. The van der Waals surface area contributed by atoms with Gasteiger partial charge in [-0.1, -0.05) is 95.0 Å². The number of allylic oxidation sites excluding steroid dienone is 2. The van der Waals surface area contributed by atoms with E-state index in [-0.39, 0.29) is 13.3 Å². The fraction of sp³-hybridized carbons (Fsp3) is 0.600. The fourth-order valence-electron chi connectivity index (χ4n) is 5.75. The summed E-state index contributed by atoms with van der Waals surface area (Å²) in [6.45, 7) is 0. The quantitative estimate of drug-likeness (QED) is 0.483. The molecule has 4 rings (SSSR count). The average molecular weight is 383 g/mol. The van der Waals surface area contributed by atoms with Gasteiger partial charge in [0.1, 0.15) is 5.34 Å². The second-order valence-electron chi connectivity index (χ2n) is 8.58. The first-order valence-electron chi connectivity index (χ1n) is 11.1. The van der Waals surface area contributed by atoms with Gasteiger partial charge in [0.25, 0.3) is 0 Å². The lowest BCUT2D eigenvalue weighted by atomic mass is 9.89. The van der Waals surface area contributed by atoms with E-state index >= 15 is 0 Å². The lowest BCUT2D eigenvalue weighted by Gasteiger charge is -2.52. The van der Waals surface area contributed by atoms with Gasteiger partial charge in [-0.2, -0.15) is 0 Å². The molecule has 3 aliphatic carbocycles. The molecule has 2 fully saturated rings. The molecule has 0 saturated heterocycles. The summed E-state index contributed by atoms with van der Waals surface area (Å²) in [6, 6.07) is 11.1. The van der Waals surface area contributed by atoms with Gasteiger partial charge in [0.2, 0.25) is 0 Å². The largest absolute Gasteiger partial charge is 0.369 e. The van der Waals surface area contributed by atoms with Crippen LogP contribution in [0.5, 0.6) is 0 Å². The molecule has 1 aromatic carbocycles. The zero-order chi connectivity index (χ0) is 18.5. The smallest absolute Gasteiger partial charge is 0.115 e. The summed E-state index contributed by atoms with van der Waals surface area (Å²) in [5.41, 5.74) is 3.16. The van der Waals surface area contributed by atoms with Crippen molar-refractivity contribution in [1.29, 1.82) is 0 Å². The Morgan fingerprint density at radius 1 is 0.815 bits per heavy atom. The summed E-state index contributed by atoms with van der Waals surface area (Å²) in [5.74, 6) is 0.351. The summed E-state index contributed by atoms with van der Waals surface area (Å²) >= 11 is 0. The first kappa shape index (κ1) is 19.4. The van der Waals surface area contributed by atoms with Crippen molar-refractivity contribution in [3.8, 4) is 0 Å². The molecular weight excluding hydrogens is 347 g/mol. The van der Waals surface area contributed by atoms with Crippen LogP contribution in [0.4, 0.5) is 0 Å². The summed E-state index contributed by atoms with van der Waals surface area (Å²) < 4.78 is 6.61. The summed E-state index contributed by atoms with van der Waals surface area (Å²) in [4.78, 5) is 0.